The number of hydrogen-bond donors (Lipinski definition) is 2. The minimum atomic E-state index is -1.81. The van der Waals surface area contributed by atoms with Crippen LogP contribution in [0.4, 0.5) is 0 Å². The normalized spacial score (nSPS) is 9.19. The van der Waals surface area contributed by atoms with Crippen LogP contribution in [-0.2, 0) is 15.1 Å². The Morgan fingerprint density at radius 3 is 1.02 bits per heavy atom. The van der Waals surface area contributed by atoms with Gasteiger partial charge in [0, 0.05) is 70.6 Å². The molecule has 2 unspecified atom stereocenters. The molecular formula is C51H30Cl2N2P2RuS+4. The van der Waals surface area contributed by atoms with Crippen LogP contribution in [0.5, 0.6) is 0 Å². The molecule has 4 aromatic rings. The van der Waals surface area contributed by atoms with Gasteiger partial charge in [-0.2, -0.15) is 0 Å². The zero-order valence-electron chi connectivity index (χ0n) is 31.0. The van der Waals surface area contributed by atoms with Crippen molar-refractivity contribution in [3.8, 4) is 143 Å². The maximum absolute atomic E-state index is 6.15. The molecule has 2 nitrogen and oxygen atoms in total. The summed E-state index contributed by atoms with van der Waals surface area (Å²) < 4.78 is 0. The van der Waals surface area contributed by atoms with Gasteiger partial charge < -0.3 is 11.5 Å². The first-order chi connectivity index (χ1) is 28.9. The molecule has 0 amide bonds. The summed E-state index contributed by atoms with van der Waals surface area (Å²) in [4.78, 5) is 0.595. The number of halogens is 2. The van der Waals surface area contributed by atoms with Crippen LogP contribution in [0.3, 0.4) is 0 Å². The average Bonchev–Trinajstić information content (AvgIpc) is 3.28. The summed E-state index contributed by atoms with van der Waals surface area (Å²) in [7, 11) is 6.09. The molecule has 0 bridgehead atoms. The van der Waals surface area contributed by atoms with E-state index in [1.807, 2.05) is 109 Å². The van der Waals surface area contributed by atoms with E-state index in [2.05, 4.69) is 117 Å². The Morgan fingerprint density at radius 1 is 0.458 bits per heavy atom. The van der Waals surface area contributed by atoms with Crippen molar-refractivity contribution >= 4 is 62.9 Å². The van der Waals surface area contributed by atoms with Crippen LogP contribution >= 0.6 is 47.4 Å². The number of hydrogen-bond acceptors (Lipinski definition) is 3. The first kappa shape index (κ1) is 48.8. The molecule has 4 aromatic carbocycles. The van der Waals surface area contributed by atoms with E-state index in [4.69, 9.17) is 68.8 Å². The summed E-state index contributed by atoms with van der Waals surface area (Å²) in [5.41, 5.74) is 28.6. The fourth-order valence-electron chi connectivity index (χ4n) is 4.68. The van der Waals surface area contributed by atoms with Gasteiger partial charge in [0.1, 0.15) is 33.3 Å². The van der Waals surface area contributed by atoms with Crippen LogP contribution in [0.15, 0.2) is 109 Å². The fraction of sp³-hybridized carbons (Fsp3) is 0.0392. The number of nitrogens with two attached hydrogens (primary N) is 2. The maximum atomic E-state index is 6.15. The molecule has 4 N–H and O–H groups in total. The minimum absolute atomic E-state index is 0.163. The van der Waals surface area contributed by atoms with E-state index in [1.165, 1.54) is 0 Å². The third-order valence-corrected chi connectivity index (χ3v) is 11.1. The van der Waals surface area contributed by atoms with Crippen LogP contribution in [0.2, 0.25) is 0 Å². The van der Waals surface area contributed by atoms with Crippen molar-refractivity contribution in [2.45, 2.75) is 12.1 Å². The van der Waals surface area contributed by atoms with E-state index < -0.39 is 15.8 Å². The first-order valence-electron chi connectivity index (χ1n) is 16.7. The molecule has 0 aliphatic rings. The van der Waals surface area contributed by atoms with Crippen LogP contribution in [-0.4, -0.2) is 4.86 Å². The van der Waals surface area contributed by atoms with Gasteiger partial charge in [-0.25, -0.2) is 0 Å². The van der Waals surface area contributed by atoms with Crippen LogP contribution in [0.25, 0.3) is 0 Å². The quantitative estimate of drug-likeness (QED) is 0.0674. The van der Waals surface area contributed by atoms with Crippen molar-refractivity contribution in [1.82, 2.24) is 0 Å². The van der Waals surface area contributed by atoms with Crippen molar-refractivity contribution in [3.63, 3.8) is 0 Å². The van der Waals surface area contributed by atoms with Crippen LogP contribution in [0, 0.1) is 143 Å². The molecule has 0 aliphatic carbocycles. The van der Waals surface area contributed by atoms with Crippen molar-refractivity contribution in [1.29, 1.82) is 0 Å². The molecule has 278 valence electrons. The standard InChI is InChI=1S/C37H12P2S.C14H16N2.2ClH.Ru/c1-5-9-13-21-29-38(30-22-14-10-6-2)35-27-19-17-25-33(35)37(40)34-26-18-20-28-36(34)39(31-23-15-11-7-3)32-24-16-12-8-4;15-13(11-7-3-1-4-8-11)14(16)12-9-5-2-6-10-12;;;/h1-4,17-20,25-28H;1-10,13-14H,15-16H2;2*1H;/q;;;;+4. The van der Waals surface area contributed by atoms with Gasteiger partial charge in [-0.1, -0.05) is 97.1 Å². The number of rotatable bonds is 7. The topological polar surface area (TPSA) is 52.0 Å². The molecule has 0 heterocycles. The predicted octanol–water partition coefficient (Wildman–Crippen LogP) is 7.28. The third-order valence-electron chi connectivity index (χ3n) is 7.18. The van der Waals surface area contributed by atoms with Crippen LogP contribution in [0.1, 0.15) is 34.3 Å². The molecule has 2 atom stereocenters. The van der Waals surface area contributed by atoms with E-state index in [0.717, 1.165) is 32.9 Å². The van der Waals surface area contributed by atoms with Crippen molar-refractivity contribution < 1.29 is 15.1 Å². The number of thiocarbonyl (C=S) groups is 1. The van der Waals surface area contributed by atoms with Gasteiger partial charge in [-0.3, -0.25) is 0 Å². The van der Waals surface area contributed by atoms with Crippen molar-refractivity contribution in [3.05, 3.63) is 131 Å². The second-order valence-corrected chi connectivity index (χ2v) is 17.3. The fourth-order valence-corrected chi connectivity index (χ4v) is 8.12. The molecule has 0 aliphatic heterocycles. The van der Waals surface area contributed by atoms with Gasteiger partial charge >= 0.3 is 34.5 Å². The van der Waals surface area contributed by atoms with Crippen LogP contribution < -0.4 is 22.1 Å². The van der Waals surface area contributed by atoms with Gasteiger partial charge in [0.2, 0.25) is 0 Å². The molecule has 0 spiro atoms. The van der Waals surface area contributed by atoms with E-state index in [0.29, 0.717) is 4.86 Å². The molecule has 0 saturated heterocycles. The predicted molar refractivity (Wildman–Crippen MR) is 256 cm³/mol. The Bertz CT molecular complexity index is 2500. The van der Waals surface area contributed by atoms with Gasteiger partial charge in [-0.15, -0.1) is 25.7 Å². The number of terminal acetylenes is 4. The van der Waals surface area contributed by atoms with Gasteiger partial charge in [0.05, 0.1) is 4.86 Å². The van der Waals surface area contributed by atoms with E-state index in [1.54, 1.807) is 0 Å². The molecule has 0 saturated carbocycles. The molecule has 0 aromatic heterocycles. The Labute approximate surface area is 373 Å². The average molecular weight is 937 g/mol. The SMILES string of the molecule is C#CC#CC#C[PH+](C#CC#CC#C)c1ccccc1C(=S)c1ccccc1[PH+](C#CC#CC#C)C#CC#CC#C.NC(c1ccccc1)C(N)c1ccccc1.[Cl][Ru+2][Cl]. The summed E-state index contributed by atoms with van der Waals surface area (Å²) in [6.45, 7) is 0. The molecule has 0 fully saturated rings. The Hall–Kier alpha value is -6.33. The van der Waals surface area contributed by atoms with Gasteiger partial charge in [-0.05, 0) is 82.8 Å². The number of benzene rings is 4. The summed E-state index contributed by atoms with van der Waals surface area (Å²) in [5.74, 6) is 40.7. The summed E-state index contributed by atoms with van der Waals surface area (Å²) in [5, 5.41) is 1.76. The first-order valence-corrected chi connectivity index (χ1v) is 24.6. The molecular weight excluding hydrogens is 907 g/mol. The summed E-state index contributed by atoms with van der Waals surface area (Å²) in [6, 6.07) is 34.9. The van der Waals surface area contributed by atoms with E-state index >= 15 is 0 Å². The Kier molecular flexibility index (Phi) is 25.5. The van der Waals surface area contributed by atoms with Gasteiger partial charge in [0.25, 0.3) is 0 Å². The zero-order valence-corrected chi connectivity index (χ0v) is 37.1. The summed E-state index contributed by atoms with van der Waals surface area (Å²) >= 11 is 5.69. The molecule has 4 rings (SSSR count). The Balaban J connectivity index is 0.000000518. The monoisotopic (exact) mass is 936 g/mol. The second-order valence-electron chi connectivity index (χ2n) is 10.7. The Morgan fingerprint density at radius 2 is 0.729 bits per heavy atom. The van der Waals surface area contributed by atoms with Crippen molar-refractivity contribution in [2.75, 3.05) is 0 Å². The third kappa shape index (κ3) is 18.2. The molecule has 8 heteroatoms. The van der Waals surface area contributed by atoms with E-state index in [-0.39, 0.29) is 27.2 Å². The molecule has 59 heavy (non-hydrogen) atoms. The summed E-state index contributed by atoms with van der Waals surface area (Å²) in [6.07, 6.45) is 20.9. The van der Waals surface area contributed by atoms with E-state index in [9.17, 15) is 0 Å². The zero-order chi connectivity index (χ0) is 42.9. The molecule has 0 radical (unpaired) electrons. The van der Waals surface area contributed by atoms with Gasteiger partial charge in [0.15, 0.2) is 15.8 Å². The second kappa shape index (κ2) is 30.8. The van der Waals surface area contributed by atoms with Crippen molar-refractivity contribution in [2.24, 2.45) is 11.5 Å².